The Labute approximate surface area is 95.3 Å². The average Bonchev–Trinajstić information content (AvgIpc) is 2.77. The minimum absolute atomic E-state index is 0.548. The molecule has 2 aromatic rings. The molecule has 3 rings (SSSR count). The molecule has 0 aliphatic carbocycles. The van der Waals surface area contributed by atoms with Crippen molar-refractivity contribution in [3.05, 3.63) is 35.5 Å². The third kappa shape index (κ3) is 1.53. The van der Waals surface area contributed by atoms with Gasteiger partial charge in [0.2, 0.25) is 0 Å². The summed E-state index contributed by atoms with van der Waals surface area (Å²) >= 11 is 0. The number of nitrogens with zero attached hydrogens (tertiary/aromatic N) is 1. The van der Waals surface area contributed by atoms with Crippen LogP contribution in [0.25, 0.3) is 10.9 Å². The normalized spacial score (nSPS) is 19.9. The van der Waals surface area contributed by atoms with E-state index in [0.717, 1.165) is 17.5 Å². The number of aliphatic hydroxyl groups is 1. The Bertz CT molecular complexity index is 585. The number of hydrogen-bond donors (Lipinski definition) is 1. The van der Waals surface area contributed by atoms with Gasteiger partial charge in [-0.1, -0.05) is 6.07 Å². The van der Waals surface area contributed by atoms with E-state index in [2.05, 4.69) is 0 Å². The lowest BCUT2D eigenvalue weighted by atomic mass is 10.1. The zero-order chi connectivity index (χ0) is 12.2. The van der Waals surface area contributed by atoms with Crippen LogP contribution < -0.4 is 0 Å². The van der Waals surface area contributed by atoms with Crippen LogP contribution in [0.3, 0.4) is 0 Å². The highest BCUT2D eigenvalue weighted by Gasteiger charge is 2.31. The summed E-state index contributed by atoms with van der Waals surface area (Å²) in [4.78, 5) is 0. The van der Waals surface area contributed by atoms with Crippen molar-refractivity contribution < 1.29 is 18.3 Å². The first-order valence-corrected chi connectivity index (χ1v) is 5.35. The Morgan fingerprint density at radius 3 is 2.71 bits per heavy atom. The van der Waals surface area contributed by atoms with Gasteiger partial charge in [-0.3, -0.25) is 0 Å². The Morgan fingerprint density at radius 1 is 1.24 bits per heavy atom. The molecule has 0 bridgehead atoms. The van der Waals surface area contributed by atoms with Crippen LogP contribution in [0.15, 0.2) is 24.3 Å². The van der Waals surface area contributed by atoms with Crippen LogP contribution in [-0.4, -0.2) is 9.67 Å². The fraction of sp³-hybridized carbons (Fsp3) is 0.333. The molecule has 0 amide bonds. The molecule has 0 spiro atoms. The highest BCUT2D eigenvalue weighted by Crippen LogP contribution is 2.36. The lowest BCUT2D eigenvalue weighted by Gasteiger charge is -2.07. The van der Waals surface area contributed by atoms with E-state index in [9.17, 15) is 18.3 Å². The van der Waals surface area contributed by atoms with Crippen molar-refractivity contribution in [2.75, 3.05) is 0 Å². The van der Waals surface area contributed by atoms with Gasteiger partial charge in [-0.15, -0.1) is 0 Å². The topological polar surface area (TPSA) is 25.2 Å². The van der Waals surface area contributed by atoms with Crippen LogP contribution in [-0.2, 0) is 12.7 Å². The molecule has 0 radical (unpaired) electrons. The number of hydrogen-bond acceptors (Lipinski definition) is 1. The second kappa shape index (κ2) is 3.26. The Kier molecular flexibility index (Phi) is 2.04. The van der Waals surface area contributed by atoms with Gasteiger partial charge in [0.25, 0.3) is 0 Å². The molecule has 2 heterocycles. The summed E-state index contributed by atoms with van der Waals surface area (Å²) in [5.41, 5.74) is 0.609. The van der Waals surface area contributed by atoms with E-state index in [-0.39, 0.29) is 0 Å². The van der Waals surface area contributed by atoms with E-state index in [4.69, 9.17) is 0 Å². The molecule has 90 valence electrons. The molecular formula is C12H10F3NO. The van der Waals surface area contributed by atoms with Gasteiger partial charge in [-0.05, 0) is 30.0 Å². The maximum Gasteiger partial charge on any atom is 0.416 e. The van der Waals surface area contributed by atoms with Gasteiger partial charge in [-0.25, -0.2) is 0 Å². The van der Waals surface area contributed by atoms with E-state index in [0.29, 0.717) is 24.2 Å². The predicted octanol–water partition coefficient (Wildman–Crippen LogP) is 3.10. The first kappa shape index (κ1) is 10.7. The molecule has 0 saturated heterocycles. The van der Waals surface area contributed by atoms with Gasteiger partial charge in [0, 0.05) is 17.8 Å². The van der Waals surface area contributed by atoms with Crippen LogP contribution in [0.5, 0.6) is 0 Å². The molecule has 1 aromatic carbocycles. The maximum atomic E-state index is 12.6. The fourth-order valence-corrected chi connectivity index (χ4v) is 2.38. The molecule has 1 N–H and O–H groups in total. The fourth-order valence-electron chi connectivity index (χ4n) is 2.38. The minimum Gasteiger partial charge on any atom is -0.387 e. The van der Waals surface area contributed by atoms with Crippen molar-refractivity contribution >= 4 is 10.9 Å². The van der Waals surface area contributed by atoms with Crippen molar-refractivity contribution in [1.82, 2.24) is 4.57 Å². The molecule has 2 nitrogen and oxygen atoms in total. The van der Waals surface area contributed by atoms with Crippen LogP contribution in [0.2, 0.25) is 0 Å². The molecule has 1 atom stereocenters. The lowest BCUT2D eigenvalue weighted by Crippen LogP contribution is -2.04. The number of aromatic nitrogens is 1. The second-order valence-corrected chi connectivity index (χ2v) is 4.30. The molecule has 5 heteroatoms. The van der Waals surface area contributed by atoms with Gasteiger partial charge in [0.1, 0.15) is 0 Å². The molecule has 0 fully saturated rings. The highest BCUT2D eigenvalue weighted by atomic mass is 19.4. The summed E-state index contributed by atoms with van der Waals surface area (Å²) in [7, 11) is 0. The van der Waals surface area contributed by atoms with Gasteiger partial charge in [0.05, 0.1) is 11.7 Å². The van der Waals surface area contributed by atoms with Crippen LogP contribution in [0, 0.1) is 0 Å². The van der Waals surface area contributed by atoms with E-state index in [1.54, 1.807) is 10.6 Å². The van der Waals surface area contributed by atoms with E-state index in [1.165, 1.54) is 6.07 Å². The number of rotatable bonds is 0. The standard InChI is InChI=1S/C12H10F3NO/c13-12(14,15)8-2-1-7-5-10-11(17)3-4-16(10)9(7)6-8/h1-2,5-6,11,17H,3-4H2. The number of aryl methyl sites for hydroxylation is 1. The third-order valence-electron chi connectivity index (χ3n) is 3.23. The smallest absolute Gasteiger partial charge is 0.387 e. The molecular weight excluding hydrogens is 231 g/mol. The van der Waals surface area contributed by atoms with Gasteiger partial charge in [0.15, 0.2) is 0 Å². The Balaban J connectivity index is 2.23. The molecule has 0 saturated carbocycles. The third-order valence-corrected chi connectivity index (χ3v) is 3.23. The average molecular weight is 241 g/mol. The summed E-state index contributed by atoms with van der Waals surface area (Å²) in [5.74, 6) is 0. The van der Waals surface area contributed by atoms with Crippen molar-refractivity contribution in [2.45, 2.75) is 25.2 Å². The largest absolute Gasteiger partial charge is 0.416 e. The molecule has 1 unspecified atom stereocenters. The monoisotopic (exact) mass is 241 g/mol. The first-order chi connectivity index (χ1) is 7.97. The minimum atomic E-state index is -4.32. The maximum absolute atomic E-state index is 12.6. The lowest BCUT2D eigenvalue weighted by molar-refractivity contribution is -0.137. The summed E-state index contributed by atoms with van der Waals surface area (Å²) in [6, 6.07) is 5.44. The zero-order valence-corrected chi connectivity index (χ0v) is 8.83. The SMILES string of the molecule is OC1CCn2c1cc1ccc(C(F)(F)F)cc12. The quantitative estimate of drug-likeness (QED) is 0.753. The molecule has 17 heavy (non-hydrogen) atoms. The number of benzene rings is 1. The summed E-state index contributed by atoms with van der Waals surface area (Å²) in [5, 5.41) is 10.4. The Hall–Kier alpha value is -1.49. The van der Waals surface area contributed by atoms with Crippen molar-refractivity contribution in [1.29, 1.82) is 0 Å². The number of halogens is 3. The van der Waals surface area contributed by atoms with Gasteiger partial charge >= 0.3 is 6.18 Å². The molecule has 1 aliphatic rings. The van der Waals surface area contributed by atoms with Gasteiger partial charge < -0.3 is 9.67 Å². The zero-order valence-electron chi connectivity index (χ0n) is 8.83. The van der Waals surface area contributed by atoms with Gasteiger partial charge in [-0.2, -0.15) is 13.2 Å². The number of alkyl halides is 3. The van der Waals surface area contributed by atoms with Crippen LogP contribution >= 0.6 is 0 Å². The summed E-state index contributed by atoms with van der Waals surface area (Å²) < 4.78 is 39.5. The molecule has 1 aliphatic heterocycles. The van der Waals surface area contributed by atoms with E-state index < -0.39 is 17.8 Å². The van der Waals surface area contributed by atoms with Crippen molar-refractivity contribution in [3.8, 4) is 0 Å². The van der Waals surface area contributed by atoms with Crippen LogP contribution in [0.1, 0.15) is 23.8 Å². The van der Waals surface area contributed by atoms with E-state index >= 15 is 0 Å². The van der Waals surface area contributed by atoms with Crippen LogP contribution in [0.4, 0.5) is 13.2 Å². The highest BCUT2D eigenvalue weighted by molar-refractivity contribution is 5.82. The summed E-state index contributed by atoms with van der Waals surface area (Å²) in [6.07, 6.45) is -4.31. The number of aliphatic hydroxyl groups excluding tert-OH is 1. The van der Waals surface area contributed by atoms with E-state index in [1.807, 2.05) is 0 Å². The Morgan fingerprint density at radius 2 is 2.00 bits per heavy atom. The van der Waals surface area contributed by atoms with Crippen molar-refractivity contribution in [2.24, 2.45) is 0 Å². The van der Waals surface area contributed by atoms with Crippen molar-refractivity contribution in [3.63, 3.8) is 0 Å². The molecule has 1 aromatic heterocycles. The number of fused-ring (bicyclic) bond motifs is 3. The predicted molar refractivity (Wildman–Crippen MR) is 56.5 cm³/mol. The second-order valence-electron chi connectivity index (χ2n) is 4.30. The summed E-state index contributed by atoms with van der Waals surface area (Å²) in [6.45, 7) is 0.571. The first-order valence-electron chi connectivity index (χ1n) is 5.35.